The molecule has 0 unspecified atom stereocenters. The van der Waals surface area contributed by atoms with E-state index < -0.39 is 0 Å². The minimum atomic E-state index is 0.720. The zero-order valence-corrected chi connectivity index (χ0v) is 14.7. The molecule has 18 heavy (non-hydrogen) atoms. The molecule has 3 nitrogen and oxygen atoms in total. The maximum atomic E-state index is 4.37. The van der Waals surface area contributed by atoms with Crippen molar-refractivity contribution >= 4 is 53.5 Å². The van der Waals surface area contributed by atoms with Crippen molar-refractivity contribution in [3.8, 4) is 0 Å². The highest BCUT2D eigenvalue weighted by molar-refractivity contribution is 9.11. The van der Waals surface area contributed by atoms with Crippen LogP contribution in [-0.2, 0) is 13.6 Å². The summed E-state index contributed by atoms with van der Waals surface area (Å²) in [6.45, 7) is 2.71. The van der Waals surface area contributed by atoms with Crippen LogP contribution in [0.4, 0.5) is 5.69 Å². The van der Waals surface area contributed by atoms with E-state index in [1.165, 1.54) is 0 Å². The minimum absolute atomic E-state index is 0.720. The van der Waals surface area contributed by atoms with Gasteiger partial charge in [-0.1, -0.05) is 15.9 Å². The van der Waals surface area contributed by atoms with E-state index in [2.05, 4.69) is 58.2 Å². The molecule has 2 aromatic rings. The predicted molar refractivity (Wildman–Crippen MR) is 84.8 cm³/mol. The smallest absolute Gasteiger partial charge is 0.0739 e. The summed E-state index contributed by atoms with van der Waals surface area (Å²) in [6.07, 6.45) is 0. The molecular weight excluding hydrogens is 426 g/mol. The van der Waals surface area contributed by atoms with Crippen molar-refractivity contribution in [1.29, 1.82) is 0 Å². The second-order valence-electron chi connectivity index (χ2n) is 3.95. The monoisotopic (exact) mass is 435 g/mol. The summed E-state index contributed by atoms with van der Waals surface area (Å²) in [5, 5.41) is 7.76. The molecule has 1 heterocycles. The van der Waals surface area contributed by atoms with Gasteiger partial charge in [0.05, 0.1) is 22.4 Å². The number of nitrogens with zero attached hydrogens (tertiary/aromatic N) is 2. The first-order valence-electron chi connectivity index (χ1n) is 5.36. The van der Waals surface area contributed by atoms with E-state index in [0.29, 0.717) is 0 Å². The Kier molecular flexibility index (Phi) is 4.50. The van der Waals surface area contributed by atoms with Crippen LogP contribution in [0.5, 0.6) is 0 Å². The van der Waals surface area contributed by atoms with Crippen LogP contribution in [0.2, 0.25) is 0 Å². The lowest BCUT2D eigenvalue weighted by Crippen LogP contribution is -2.06. The highest BCUT2D eigenvalue weighted by Crippen LogP contribution is 2.27. The van der Waals surface area contributed by atoms with E-state index in [9.17, 15) is 0 Å². The van der Waals surface area contributed by atoms with E-state index in [-0.39, 0.29) is 0 Å². The number of hydrogen-bond donors (Lipinski definition) is 1. The number of aromatic nitrogens is 2. The summed E-state index contributed by atoms with van der Waals surface area (Å²) in [4.78, 5) is 0. The maximum absolute atomic E-state index is 4.37. The van der Waals surface area contributed by atoms with Crippen LogP contribution in [0.3, 0.4) is 0 Å². The van der Waals surface area contributed by atoms with Crippen molar-refractivity contribution in [2.75, 3.05) is 5.32 Å². The number of nitrogens with one attached hydrogen (secondary N) is 1. The van der Waals surface area contributed by atoms with Crippen LogP contribution in [-0.4, -0.2) is 9.78 Å². The first-order chi connectivity index (χ1) is 8.49. The molecule has 0 radical (unpaired) electrons. The van der Waals surface area contributed by atoms with E-state index in [4.69, 9.17) is 0 Å². The Labute approximate surface area is 131 Å². The van der Waals surface area contributed by atoms with Gasteiger partial charge in [0.2, 0.25) is 0 Å². The molecule has 1 N–H and O–H groups in total. The first-order valence-corrected chi connectivity index (χ1v) is 7.74. The molecule has 0 spiro atoms. The zero-order valence-electron chi connectivity index (χ0n) is 9.97. The van der Waals surface area contributed by atoms with Gasteiger partial charge in [-0.05, 0) is 57.0 Å². The number of halogens is 3. The molecule has 0 fully saturated rings. The van der Waals surface area contributed by atoms with Gasteiger partial charge in [0.1, 0.15) is 0 Å². The Bertz CT molecular complexity index is 578. The van der Waals surface area contributed by atoms with Crippen molar-refractivity contribution in [2.24, 2.45) is 7.05 Å². The van der Waals surface area contributed by atoms with E-state index in [1.807, 2.05) is 36.9 Å². The molecule has 0 amide bonds. The lowest BCUT2D eigenvalue weighted by Gasteiger charge is -2.09. The fraction of sp³-hybridized carbons (Fsp3) is 0.250. The quantitative estimate of drug-likeness (QED) is 0.758. The van der Waals surface area contributed by atoms with E-state index in [0.717, 1.165) is 37.0 Å². The summed E-state index contributed by atoms with van der Waals surface area (Å²) in [7, 11) is 1.95. The average Bonchev–Trinajstić information content (AvgIpc) is 2.53. The molecule has 0 aliphatic rings. The van der Waals surface area contributed by atoms with Crippen LogP contribution in [0, 0.1) is 6.92 Å². The predicted octanol–water partition coefficient (Wildman–Crippen LogP) is 4.63. The summed E-state index contributed by atoms with van der Waals surface area (Å²) in [5.74, 6) is 0. The van der Waals surface area contributed by atoms with Crippen LogP contribution in [0.15, 0.2) is 31.6 Å². The molecule has 0 atom stereocenters. The normalized spacial score (nSPS) is 10.7. The lowest BCUT2D eigenvalue weighted by atomic mass is 10.3. The van der Waals surface area contributed by atoms with Gasteiger partial charge in [0, 0.05) is 21.7 Å². The standard InChI is InChI=1S/C12H12Br3N3/c1-7-12(15)11(18(2)17-7)6-16-10-4-3-8(13)5-9(10)14/h3-5,16H,6H2,1-2H3. The molecule has 0 bridgehead atoms. The summed E-state index contributed by atoms with van der Waals surface area (Å²) in [6, 6.07) is 6.06. The largest absolute Gasteiger partial charge is 0.378 e. The van der Waals surface area contributed by atoms with Crippen molar-refractivity contribution in [1.82, 2.24) is 9.78 Å². The minimum Gasteiger partial charge on any atom is -0.378 e. The topological polar surface area (TPSA) is 29.9 Å². The van der Waals surface area contributed by atoms with Crippen molar-refractivity contribution in [3.05, 3.63) is 43.0 Å². The van der Waals surface area contributed by atoms with E-state index >= 15 is 0 Å². The third-order valence-corrected chi connectivity index (χ3v) is 4.82. The van der Waals surface area contributed by atoms with Crippen molar-refractivity contribution < 1.29 is 0 Å². The molecule has 0 saturated carbocycles. The fourth-order valence-electron chi connectivity index (χ4n) is 1.68. The summed E-state index contributed by atoms with van der Waals surface area (Å²) < 4.78 is 5.04. The Morgan fingerprint density at radius 3 is 2.56 bits per heavy atom. The highest BCUT2D eigenvalue weighted by Gasteiger charge is 2.10. The lowest BCUT2D eigenvalue weighted by molar-refractivity contribution is 0.712. The molecule has 6 heteroatoms. The van der Waals surface area contributed by atoms with Gasteiger partial charge >= 0.3 is 0 Å². The fourth-order valence-corrected chi connectivity index (χ4v) is 3.35. The van der Waals surface area contributed by atoms with Crippen LogP contribution in [0.1, 0.15) is 11.4 Å². The van der Waals surface area contributed by atoms with Crippen LogP contribution in [0.25, 0.3) is 0 Å². The third kappa shape index (κ3) is 2.97. The molecule has 1 aromatic heterocycles. The Morgan fingerprint density at radius 1 is 1.28 bits per heavy atom. The van der Waals surface area contributed by atoms with Gasteiger partial charge in [-0.3, -0.25) is 4.68 Å². The molecule has 1 aromatic carbocycles. The summed E-state index contributed by atoms with van der Waals surface area (Å²) in [5.41, 5.74) is 3.19. The number of benzene rings is 1. The van der Waals surface area contributed by atoms with Crippen LogP contribution >= 0.6 is 47.8 Å². The van der Waals surface area contributed by atoms with Gasteiger partial charge in [-0.15, -0.1) is 0 Å². The highest BCUT2D eigenvalue weighted by atomic mass is 79.9. The Morgan fingerprint density at radius 2 is 2.00 bits per heavy atom. The SMILES string of the molecule is Cc1nn(C)c(CNc2ccc(Br)cc2Br)c1Br. The van der Waals surface area contributed by atoms with Gasteiger partial charge in [0.15, 0.2) is 0 Å². The maximum Gasteiger partial charge on any atom is 0.0739 e. The van der Waals surface area contributed by atoms with Crippen molar-refractivity contribution in [3.63, 3.8) is 0 Å². The summed E-state index contributed by atoms with van der Waals surface area (Å²) >= 11 is 10.5. The Balaban J connectivity index is 2.16. The zero-order chi connectivity index (χ0) is 13.3. The average molecular weight is 438 g/mol. The second-order valence-corrected chi connectivity index (χ2v) is 6.51. The molecule has 0 aliphatic carbocycles. The third-order valence-electron chi connectivity index (χ3n) is 2.64. The van der Waals surface area contributed by atoms with E-state index in [1.54, 1.807) is 0 Å². The number of rotatable bonds is 3. The second kappa shape index (κ2) is 5.75. The van der Waals surface area contributed by atoms with Gasteiger partial charge in [0.25, 0.3) is 0 Å². The number of hydrogen-bond acceptors (Lipinski definition) is 2. The number of aryl methyl sites for hydroxylation is 2. The molecule has 96 valence electrons. The molecule has 0 aliphatic heterocycles. The molecule has 0 saturated heterocycles. The molecular formula is C12H12Br3N3. The Hall–Kier alpha value is -0.330. The van der Waals surface area contributed by atoms with Crippen molar-refractivity contribution in [2.45, 2.75) is 13.5 Å². The van der Waals surface area contributed by atoms with Crippen LogP contribution < -0.4 is 5.32 Å². The van der Waals surface area contributed by atoms with Gasteiger partial charge in [-0.2, -0.15) is 5.10 Å². The van der Waals surface area contributed by atoms with Gasteiger partial charge < -0.3 is 5.32 Å². The molecule has 2 rings (SSSR count). The first kappa shape index (κ1) is 14.1. The van der Waals surface area contributed by atoms with Gasteiger partial charge in [-0.25, -0.2) is 0 Å². The number of anilines is 1.